The molecule has 0 bridgehead atoms. The smallest absolute Gasteiger partial charge is 0.248 e. The summed E-state index contributed by atoms with van der Waals surface area (Å²) in [6.45, 7) is 0. The molecule has 0 fully saturated rings. The van der Waals surface area contributed by atoms with Gasteiger partial charge in [-0.15, -0.1) is 0 Å². The van der Waals surface area contributed by atoms with Crippen LogP contribution in [0.4, 0.5) is 5.69 Å². The van der Waals surface area contributed by atoms with Gasteiger partial charge in [-0.25, -0.2) is 4.98 Å². The van der Waals surface area contributed by atoms with Crippen LogP contribution in [0.15, 0.2) is 67.0 Å². The highest BCUT2D eigenvalue weighted by Crippen LogP contribution is 2.38. The van der Waals surface area contributed by atoms with Crippen LogP contribution < -0.4 is 24.3 Å². The molecule has 174 valence electrons. The standard InChI is InChI=1S/C26H25N3O5/c1-31-21-10-9-18(20-16-29-12-6-5-7-24(29)27-20)15-19(21)28-25(30)11-8-17-13-22(32-2)26(34-4)23(14-17)33-3/h5-16H,1-4H3,(H,28,30)/b11-8+. The first kappa shape index (κ1) is 22.7. The van der Waals surface area contributed by atoms with E-state index in [1.54, 1.807) is 45.6 Å². The molecule has 0 unspecified atom stereocenters. The van der Waals surface area contributed by atoms with Crippen LogP contribution in [0.2, 0.25) is 0 Å². The number of imidazole rings is 1. The number of rotatable bonds is 8. The maximum absolute atomic E-state index is 12.7. The van der Waals surface area contributed by atoms with E-state index in [4.69, 9.17) is 18.9 Å². The van der Waals surface area contributed by atoms with Gasteiger partial charge in [0.2, 0.25) is 11.7 Å². The summed E-state index contributed by atoms with van der Waals surface area (Å²) in [4.78, 5) is 17.4. The number of aromatic nitrogens is 2. The lowest BCUT2D eigenvalue weighted by Crippen LogP contribution is -2.09. The number of benzene rings is 2. The number of pyridine rings is 1. The van der Waals surface area contributed by atoms with E-state index in [0.717, 1.165) is 22.5 Å². The summed E-state index contributed by atoms with van der Waals surface area (Å²) in [6, 6.07) is 14.9. The zero-order valence-corrected chi connectivity index (χ0v) is 19.4. The number of methoxy groups -OCH3 is 4. The SMILES string of the molecule is COc1ccc(-c2cn3ccccc3n2)cc1NC(=O)/C=C/c1cc(OC)c(OC)c(OC)c1. The van der Waals surface area contributed by atoms with E-state index in [2.05, 4.69) is 10.3 Å². The number of amides is 1. The Hall–Kier alpha value is -4.46. The zero-order valence-electron chi connectivity index (χ0n) is 19.4. The minimum absolute atomic E-state index is 0.320. The third-order valence-corrected chi connectivity index (χ3v) is 5.23. The first-order valence-corrected chi connectivity index (χ1v) is 10.5. The quantitative estimate of drug-likeness (QED) is 0.385. The van der Waals surface area contributed by atoms with Crippen LogP contribution in [0.1, 0.15) is 5.56 Å². The molecule has 0 spiro atoms. The zero-order chi connectivity index (χ0) is 24.1. The molecule has 1 N–H and O–H groups in total. The fourth-order valence-electron chi connectivity index (χ4n) is 3.58. The molecule has 0 atom stereocenters. The predicted octanol–water partition coefficient (Wildman–Crippen LogP) is 4.69. The summed E-state index contributed by atoms with van der Waals surface area (Å²) in [5, 5.41) is 2.88. The highest BCUT2D eigenvalue weighted by atomic mass is 16.5. The van der Waals surface area contributed by atoms with Gasteiger partial charge in [0.25, 0.3) is 0 Å². The summed E-state index contributed by atoms with van der Waals surface area (Å²) in [7, 11) is 6.18. The highest BCUT2D eigenvalue weighted by molar-refractivity contribution is 6.03. The topological polar surface area (TPSA) is 83.3 Å². The van der Waals surface area contributed by atoms with Crippen molar-refractivity contribution in [1.82, 2.24) is 9.38 Å². The van der Waals surface area contributed by atoms with Crippen molar-refractivity contribution < 1.29 is 23.7 Å². The molecule has 8 heteroatoms. The molecule has 0 aliphatic carbocycles. The molecule has 8 nitrogen and oxygen atoms in total. The first-order chi connectivity index (χ1) is 16.6. The second-order valence-electron chi connectivity index (χ2n) is 7.29. The third kappa shape index (κ3) is 4.66. The summed E-state index contributed by atoms with van der Waals surface area (Å²) < 4.78 is 23.4. The van der Waals surface area contributed by atoms with Crippen molar-refractivity contribution in [3.05, 3.63) is 72.6 Å². The molecular weight excluding hydrogens is 434 g/mol. The average Bonchev–Trinajstić information content (AvgIpc) is 3.31. The summed E-state index contributed by atoms with van der Waals surface area (Å²) in [6.07, 6.45) is 6.97. The highest BCUT2D eigenvalue weighted by Gasteiger charge is 2.13. The molecule has 2 aromatic carbocycles. The maximum Gasteiger partial charge on any atom is 0.248 e. The van der Waals surface area contributed by atoms with Gasteiger partial charge >= 0.3 is 0 Å². The number of carbonyl (C=O) groups excluding carboxylic acids is 1. The molecule has 2 aromatic heterocycles. The van der Waals surface area contributed by atoms with E-state index in [0.29, 0.717) is 28.7 Å². The first-order valence-electron chi connectivity index (χ1n) is 10.5. The van der Waals surface area contributed by atoms with Gasteiger partial charge in [0, 0.05) is 24.0 Å². The molecule has 1 amide bonds. The third-order valence-electron chi connectivity index (χ3n) is 5.23. The van der Waals surface area contributed by atoms with Crippen molar-refractivity contribution in [3.63, 3.8) is 0 Å². The van der Waals surface area contributed by atoms with Crippen LogP contribution in [-0.4, -0.2) is 43.7 Å². The van der Waals surface area contributed by atoms with Gasteiger partial charge in [0.05, 0.1) is 39.8 Å². The largest absolute Gasteiger partial charge is 0.495 e. The molecule has 2 heterocycles. The molecule has 0 radical (unpaired) electrons. The molecule has 4 rings (SSSR count). The van der Waals surface area contributed by atoms with E-state index >= 15 is 0 Å². The number of carbonyl (C=O) groups is 1. The van der Waals surface area contributed by atoms with E-state index in [1.807, 2.05) is 47.1 Å². The lowest BCUT2D eigenvalue weighted by molar-refractivity contribution is -0.111. The van der Waals surface area contributed by atoms with E-state index in [1.165, 1.54) is 13.2 Å². The van der Waals surface area contributed by atoms with Crippen molar-refractivity contribution in [1.29, 1.82) is 0 Å². The number of hydrogen-bond donors (Lipinski definition) is 1. The van der Waals surface area contributed by atoms with Crippen LogP contribution in [0.25, 0.3) is 23.0 Å². The second-order valence-corrected chi connectivity index (χ2v) is 7.29. The van der Waals surface area contributed by atoms with Gasteiger partial charge < -0.3 is 28.7 Å². The number of nitrogens with zero attached hydrogens (tertiary/aromatic N) is 2. The molecule has 0 saturated carbocycles. The minimum Gasteiger partial charge on any atom is -0.495 e. The van der Waals surface area contributed by atoms with E-state index in [9.17, 15) is 4.79 Å². The molecule has 0 saturated heterocycles. The molecular formula is C26H25N3O5. The monoisotopic (exact) mass is 459 g/mol. The number of nitrogens with one attached hydrogen (secondary N) is 1. The Morgan fingerprint density at radius 2 is 1.65 bits per heavy atom. The molecule has 0 aliphatic rings. The van der Waals surface area contributed by atoms with Crippen LogP contribution in [-0.2, 0) is 4.79 Å². The van der Waals surface area contributed by atoms with Crippen molar-refractivity contribution in [3.8, 4) is 34.3 Å². The molecule has 4 aromatic rings. The van der Waals surface area contributed by atoms with Gasteiger partial charge in [-0.2, -0.15) is 0 Å². The Balaban J connectivity index is 1.58. The Bertz CT molecular complexity index is 1300. The number of anilines is 1. The van der Waals surface area contributed by atoms with Crippen LogP contribution >= 0.6 is 0 Å². The number of fused-ring (bicyclic) bond motifs is 1. The Labute approximate surface area is 197 Å². The van der Waals surface area contributed by atoms with Gasteiger partial charge in [0.15, 0.2) is 11.5 Å². The number of hydrogen-bond acceptors (Lipinski definition) is 6. The normalized spacial score (nSPS) is 10.9. The van der Waals surface area contributed by atoms with Crippen molar-refractivity contribution in [2.45, 2.75) is 0 Å². The predicted molar refractivity (Wildman–Crippen MR) is 131 cm³/mol. The van der Waals surface area contributed by atoms with Gasteiger partial charge in [-0.1, -0.05) is 6.07 Å². The van der Waals surface area contributed by atoms with E-state index < -0.39 is 0 Å². The maximum atomic E-state index is 12.7. The summed E-state index contributed by atoms with van der Waals surface area (Å²) >= 11 is 0. The van der Waals surface area contributed by atoms with E-state index in [-0.39, 0.29) is 5.91 Å². The van der Waals surface area contributed by atoms with Crippen LogP contribution in [0.5, 0.6) is 23.0 Å². The van der Waals surface area contributed by atoms with Crippen molar-refractivity contribution in [2.75, 3.05) is 33.8 Å². The lowest BCUT2D eigenvalue weighted by atomic mass is 10.1. The second kappa shape index (κ2) is 9.99. The fourth-order valence-corrected chi connectivity index (χ4v) is 3.58. The Morgan fingerprint density at radius 1 is 0.912 bits per heavy atom. The van der Waals surface area contributed by atoms with Crippen LogP contribution in [0.3, 0.4) is 0 Å². The van der Waals surface area contributed by atoms with Gasteiger partial charge in [-0.3, -0.25) is 4.79 Å². The minimum atomic E-state index is -0.320. The molecule has 34 heavy (non-hydrogen) atoms. The lowest BCUT2D eigenvalue weighted by Gasteiger charge is -2.13. The fraction of sp³-hybridized carbons (Fsp3) is 0.154. The van der Waals surface area contributed by atoms with Crippen LogP contribution in [0, 0.1) is 0 Å². The average molecular weight is 460 g/mol. The number of ether oxygens (including phenoxy) is 4. The van der Waals surface area contributed by atoms with Gasteiger partial charge in [0.1, 0.15) is 11.4 Å². The van der Waals surface area contributed by atoms with Crippen molar-refractivity contribution in [2.24, 2.45) is 0 Å². The Kier molecular flexibility index (Phi) is 6.68. The molecule has 0 aliphatic heterocycles. The Morgan fingerprint density at radius 3 is 2.29 bits per heavy atom. The summed E-state index contributed by atoms with van der Waals surface area (Å²) in [5.41, 5.74) is 3.74. The summed E-state index contributed by atoms with van der Waals surface area (Å²) in [5.74, 6) is 1.72. The van der Waals surface area contributed by atoms with Crippen molar-refractivity contribution >= 4 is 23.3 Å². The van der Waals surface area contributed by atoms with Gasteiger partial charge in [-0.05, 0) is 54.1 Å².